The van der Waals surface area contributed by atoms with E-state index in [1.807, 2.05) is 66.4 Å². The van der Waals surface area contributed by atoms with Crippen LogP contribution in [0.25, 0.3) is 0 Å². The predicted octanol–water partition coefficient (Wildman–Crippen LogP) is 3.06. The molecule has 0 saturated carbocycles. The highest BCUT2D eigenvalue weighted by Crippen LogP contribution is 2.21. The van der Waals surface area contributed by atoms with Gasteiger partial charge in [-0.15, -0.1) is 0 Å². The molecule has 1 aliphatic rings. The third-order valence-corrected chi connectivity index (χ3v) is 4.50. The summed E-state index contributed by atoms with van der Waals surface area (Å²) < 4.78 is 5.97. The molecule has 0 aliphatic carbocycles. The minimum Gasteiger partial charge on any atom is -0.490 e. The molecular weight excluding hydrogens is 300 g/mol. The molecule has 4 nitrogen and oxygen atoms in total. The number of hydrogen-bond donors (Lipinski definition) is 1. The van der Waals surface area contributed by atoms with Crippen LogP contribution in [-0.2, 0) is 4.79 Å². The van der Waals surface area contributed by atoms with E-state index >= 15 is 0 Å². The second-order valence-electron chi connectivity index (χ2n) is 6.34. The van der Waals surface area contributed by atoms with Crippen molar-refractivity contribution in [3.05, 3.63) is 65.7 Å². The first-order valence-electron chi connectivity index (χ1n) is 8.46. The smallest absolute Gasteiger partial charge is 0.244 e. The van der Waals surface area contributed by atoms with Gasteiger partial charge in [-0.1, -0.05) is 48.0 Å². The molecule has 1 heterocycles. The van der Waals surface area contributed by atoms with Gasteiger partial charge in [0.1, 0.15) is 17.9 Å². The van der Waals surface area contributed by atoms with E-state index in [1.165, 1.54) is 0 Å². The van der Waals surface area contributed by atoms with Crippen LogP contribution in [0, 0.1) is 6.92 Å². The van der Waals surface area contributed by atoms with Gasteiger partial charge in [0.05, 0.1) is 0 Å². The van der Waals surface area contributed by atoms with Crippen molar-refractivity contribution in [1.29, 1.82) is 0 Å². The first kappa shape index (κ1) is 16.5. The first-order chi connectivity index (χ1) is 11.6. The third kappa shape index (κ3) is 3.95. The molecule has 1 unspecified atom stereocenters. The Labute approximate surface area is 143 Å². The lowest BCUT2D eigenvalue weighted by atomic mass is 10.0. The number of para-hydroxylation sites is 1. The number of benzene rings is 2. The Bertz CT molecular complexity index is 662. The zero-order chi connectivity index (χ0) is 16.9. The molecule has 1 atom stereocenters. The zero-order valence-electron chi connectivity index (χ0n) is 14.0. The molecule has 1 aliphatic heterocycles. The molecule has 0 bridgehead atoms. The minimum atomic E-state index is -0.586. The standard InChI is InChI=1S/C20H24N2O2/c1-15-7-9-16(10-8-15)19(21)20(23)22-13-11-18(12-14-22)24-17-5-3-2-4-6-17/h2-10,18-19H,11-14,21H2,1H3. The van der Waals surface area contributed by atoms with Crippen molar-refractivity contribution in [1.82, 2.24) is 4.90 Å². The van der Waals surface area contributed by atoms with Crippen LogP contribution in [0.15, 0.2) is 54.6 Å². The van der Waals surface area contributed by atoms with Crippen molar-refractivity contribution in [2.75, 3.05) is 13.1 Å². The summed E-state index contributed by atoms with van der Waals surface area (Å²) in [4.78, 5) is 14.5. The number of amides is 1. The van der Waals surface area contributed by atoms with Crippen LogP contribution in [-0.4, -0.2) is 30.0 Å². The molecule has 2 N–H and O–H groups in total. The molecule has 24 heavy (non-hydrogen) atoms. The average molecular weight is 324 g/mol. The van der Waals surface area contributed by atoms with Gasteiger partial charge in [-0.2, -0.15) is 0 Å². The van der Waals surface area contributed by atoms with Gasteiger partial charge in [-0.3, -0.25) is 4.79 Å². The molecule has 2 aromatic carbocycles. The highest BCUT2D eigenvalue weighted by atomic mass is 16.5. The predicted molar refractivity (Wildman–Crippen MR) is 94.8 cm³/mol. The number of aryl methyl sites for hydroxylation is 1. The van der Waals surface area contributed by atoms with Crippen molar-refractivity contribution >= 4 is 5.91 Å². The zero-order valence-corrected chi connectivity index (χ0v) is 14.0. The van der Waals surface area contributed by atoms with E-state index in [9.17, 15) is 4.79 Å². The molecule has 2 aromatic rings. The Balaban J connectivity index is 1.54. The van der Waals surface area contributed by atoms with Crippen LogP contribution >= 0.6 is 0 Å². The molecule has 0 radical (unpaired) electrons. The van der Waals surface area contributed by atoms with Crippen LogP contribution in [0.4, 0.5) is 0 Å². The normalized spacial score (nSPS) is 16.7. The number of nitrogens with zero attached hydrogens (tertiary/aromatic N) is 1. The average Bonchev–Trinajstić information content (AvgIpc) is 2.63. The van der Waals surface area contributed by atoms with Crippen molar-refractivity contribution in [2.24, 2.45) is 5.73 Å². The van der Waals surface area contributed by atoms with E-state index in [2.05, 4.69) is 0 Å². The fraction of sp³-hybridized carbons (Fsp3) is 0.350. The molecule has 4 heteroatoms. The van der Waals surface area contributed by atoms with Crippen molar-refractivity contribution < 1.29 is 9.53 Å². The monoisotopic (exact) mass is 324 g/mol. The van der Waals surface area contributed by atoms with Gasteiger partial charge >= 0.3 is 0 Å². The Kier molecular flexibility index (Phi) is 5.16. The maximum Gasteiger partial charge on any atom is 0.244 e. The molecular formula is C20H24N2O2. The summed E-state index contributed by atoms with van der Waals surface area (Å²) in [5, 5.41) is 0. The lowest BCUT2D eigenvalue weighted by Gasteiger charge is -2.33. The maximum atomic E-state index is 12.6. The Morgan fingerprint density at radius 2 is 1.71 bits per heavy atom. The quantitative estimate of drug-likeness (QED) is 0.940. The van der Waals surface area contributed by atoms with E-state index < -0.39 is 6.04 Å². The number of hydrogen-bond acceptors (Lipinski definition) is 3. The van der Waals surface area contributed by atoms with E-state index in [-0.39, 0.29) is 12.0 Å². The highest BCUT2D eigenvalue weighted by Gasteiger charge is 2.27. The summed E-state index contributed by atoms with van der Waals surface area (Å²) in [6.45, 7) is 3.40. The van der Waals surface area contributed by atoms with Gasteiger partial charge < -0.3 is 15.4 Å². The fourth-order valence-electron chi connectivity index (χ4n) is 3.00. The summed E-state index contributed by atoms with van der Waals surface area (Å²) in [6.07, 6.45) is 1.83. The van der Waals surface area contributed by atoms with Gasteiger partial charge in [0.25, 0.3) is 0 Å². The Morgan fingerprint density at radius 3 is 2.33 bits per heavy atom. The highest BCUT2D eigenvalue weighted by molar-refractivity contribution is 5.83. The number of ether oxygens (including phenoxy) is 1. The Morgan fingerprint density at radius 1 is 1.08 bits per heavy atom. The lowest BCUT2D eigenvalue weighted by molar-refractivity contribution is -0.134. The van der Waals surface area contributed by atoms with Crippen LogP contribution < -0.4 is 10.5 Å². The summed E-state index contributed by atoms with van der Waals surface area (Å²) in [7, 11) is 0. The van der Waals surface area contributed by atoms with Crippen LogP contribution in [0.2, 0.25) is 0 Å². The third-order valence-electron chi connectivity index (χ3n) is 4.50. The molecule has 0 aromatic heterocycles. The van der Waals surface area contributed by atoms with Gasteiger partial charge in [0.15, 0.2) is 0 Å². The number of rotatable bonds is 4. The van der Waals surface area contributed by atoms with Gasteiger partial charge in [0.2, 0.25) is 5.91 Å². The van der Waals surface area contributed by atoms with Crippen molar-refractivity contribution in [3.63, 3.8) is 0 Å². The number of piperidine rings is 1. The molecule has 1 fully saturated rings. The molecule has 3 rings (SSSR count). The van der Waals surface area contributed by atoms with Crippen molar-refractivity contribution in [3.8, 4) is 5.75 Å². The first-order valence-corrected chi connectivity index (χ1v) is 8.46. The van der Waals surface area contributed by atoms with Gasteiger partial charge in [-0.25, -0.2) is 0 Å². The van der Waals surface area contributed by atoms with E-state index in [1.54, 1.807) is 0 Å². The summed E-state index contributed by atoms with van der Waals surface area (Å²) in [5.74, 6) is 0.885. The number of carbonyl (C=O) groups excluding carboxylic acids is 1. The Hall–Kier alpha value is -2.33. The topological polar surface area (TPSA) is 55.6 Å². The second kappa shape index (κ2) is 7.49. The number of likely N-dealkylation sites (tertiary alicyclic amines) is 1. The molecule has 1 saturated heterocycles. The van der Waals surface area contributed by atoms with E-state index in [0.29, 0.717) is 13.1 Å². The number of nitrogens with two attached hydrogens (primary N) is 1. The van der Waals surface area contributed by atoms with Crippen LogP contribution in [0.1, 0.15) is 30.0 Å². The second-order valence-corrected chi connectivity index (χ2v) is 6.34. The van der Waals surface area contributed by atoms with E-state index in [0.717, 1.165) is 29.7 Å². The molecule has 0 spiro atoms. The summed E-state index contributed by atoms with van der Waals surface area (Å²) in [6, 6.07) is 17.1. The largest absolute Gasteiger partial charge is 0.490 e. The maximum absolute atomic E-state index is 12.6. The van der Waals surface area contributed by atoms with Crippen LogP contribution in [0.3, 0.4) is 0 Å². The minimum absolute atomic E-state index is 0.00276. The number of carbonyl (C=O) groups is 1. The van der Waals surface area contributed by atoms with Crippen molar-refractivity contribution in [2.45, 2.75) is 31.9 Å². The summed E-state index contributed by atoms with van der Waals surface area (Å²) >= 11 is 0. The van der Waals surface area contributed by atoms with Gasteiger partial charge in [-0.05, 0) is 24.6 Å². The summed E-state index contributed by atoms with van der Waals surface area (Å²) in [5.41, 5.74) is 8.19. The van der Waals surface area contributed by atoms with E-state index in [4.69, 9.17) is 10.5 Å². The van der Waals surface area contributed by atoms with Gasteiger partial charge in [0, 0.05) is 25.9 Å². The lowest BCUT2D eigenvalue weighted by Crippen LogP contribution is -2.45. The molecule has 1 amide bonds. The fourth-order valence-corrected chi connectivity index (χ4v) is 3.00. The SMILES string of the molecule is Cc1ccc(C(N)C(=O)N2CCC(Oc3ccccc3)CC2)cc1. The molecule has 126 valence electrons. The van der Waals surface area contributed by atoms with Crippen LogP contribution in [0.5, 0.6) is 5.75 Å².